The Hall–Kier alpha value is -1.02. The number of rotatable bonds is 5. The van der Waals surface area contributed by atoms with Gasteiger partial charge in [-0.3, -0.25) is 0 Å². The predicted molar refractivity (Wildman–Crippen MR) is 73.2 cm³/mol. The second-order valence-corrected chi connectivity index (χ2v) is 5.74. The van der Waals surface area contributed by atoms with E-state index in [0.717, 1.165) is 25.2 Å². The second kappa shape index (κ2) is 6.06. The molecule has 0 amide bonds. The van der Waals surface area contributed by atoms with Gasteiger partial charge in [-0.15, -0.1) is 0 Å². The minimum Gasteiger partial charge on any atom is -0.494 e. The summed E-state index contributed by atoms with van der Waals surface area (Å²) in [6.45, 7) is 9.53. The van der Waals surface area contributed by atoms with E-state index in [1.807, 2.05) is 12.1 Å². The first kappa shape index (κ1) is 14.0. The summed E-state index contributed by atoms with van der Waals surface area (Å²) in [4.78, 5) is 0. The zero-order valence-corrected chi connectivity index (χ0v) is 11.5. The summed E-state index contributed by atoms with van der Waals surface area (Å²) in [7, 11) is 0. The maximum absolute atomic E-state index is 5.96. The third-order valence-corrected chi connectivity index (χ3v) is 2.87. The average Bonchev–Trinajstić information content (AvgIpc) is 2.27. The van der Waals surface area contributed by atoms with E-state index in [4.69, 9.17) is 10.5 Å². The number of benzene rings is 1. The van der Waals surface area contributed by atoms with Crippen molar-refractivity contribution in [3.05, 3.63) is 29.8 Å². The molecule has 2 nitrogen and oxygen atoms in total. The molecule has 0 saturated heterocycles. The van der Waals surface area contributed by atoms with Gasteiger partial charge in [0.25, 0.3) is 0 Å². The molecule has 17 heavy (non-hydrogen) atoms. The van der Waals surface area contributed by atoms with Crippen LogP contribution in [0.3, 0.4) is 0 Å². The Morgan fingerprint density at radius 2 is 1.76 bits per heavy atom. The highest BCUT2D eigenvalue weighted by Crippen LogP contribution is 2.21. The third kappa shape index (κ3) is 5.22. The van der Waals surface area contributed by atoms with Gasteiger partial charge in [-0.1, -0.05) is 39.8 Å². The van der Waals surface area contributed by atoms with E-state index in [-0.39, 0.29) is 6.04 Å². The largest absolute Gasteiger partial charge is 0.494 e. The molecule has 0 aliphatic rings. The van der Waals surface area contributed by atoms with Gasteiger partial charge in [-0.25, -0.2) is 0 Å². The van der Waals surface area contributed by atoms with Crippen LogP contribution in [0.25, 0.3) is 0 Å². The molecule has 1 aromatic carbocycles. The minimum absolute atomic E-state index is 0.138. The molecule has 1 atom stereocenters. The van der Waals surface area contributed by atoms with E-state index in [2.05, 4.69) is 39.8 Å². The molecule has 96 valence electrons. The smallest absolute Gasteiger partial charge is 0.119 e. The van der Waals surface area contributed by atoms with Crippen molar-refractivity contribution >= 4 is 0 Å². The van der Waals surface area contributed by atoms with Crippen LogP contribution >= 0.6 is 0 Å². The van der Waals surface area contributed by atoms with Crippen LogP contribution in [-0.2, 0) is 0 Å². The molecule has 0 radical (unpaired) electrons. The quantitative estimate of drug-likeness (QED) is 0.839. The molecule has 0 aliphatic carbocycles. The van der Waals surface area contributed by atoms with Gasteiger partial charge in [0.2, 0.25) is 0 Å². The highest BCUT2D eigenvalue weighted by molar-refractivity contribution is 5.28. The molecule has 0 heterocycles. The van der Waals surface area contributed by atoms with Crippen LogP contribution in [0.5, 0.6) is 5.75 Å². The van der Waals surface area contributed by atoms with Crippen molar-refractivity contribution in [1.29, 1.82) is 0 Å². The normalized spacial score (nSPS) is 13.5. The molecule has 2 heteroatoms. The Labute approximate surface area is 105 Å². The average molecular weight is 235 g/mol. The first-order valence-electron chi connectivity index (χ1n) is 6.41. The molecular formula is C15H25NO. The standard InChI is InChI=1S/C15H25NO/c1-5-14(16)12-6-8-13(9-7-12)17-11-10-15(2,3)4/h6-9,14H,5,10-11,16H2,1-4H3/t14-/m1/s1. The molecule has 1 aromatic rings. The van der Waals surface area contributed by atoms with Crippen molar-refractivity contribution in [1.82, 2.24) is 0 Å². The third-order valence-electron chi connectivity index (χ3n) is 2.87. The van der Waals surface area contributed by atoms with Crippen LogP contribution in [0.1, 0.15) is 52.1 Å². The second-order valence-electron chi connectivity index (χ2n) is 5.74. The lowest BCUT2D eigenvalue weighted by Gasteiger charge is -2.18. The van der Waals surface area contributed by atoms with Gasteiger partial charge in [0, 0.05) is 6.04 Å². The van der Waals surface area contributed by atoms with Gasteiger partial charge in [0.15, 0.2) is 0 Å². The van der Waals surface area contributed by atoms with Crippen LogP contribution < -0.4 is 10.5 Å². The molecule has 0 saturated carbocycles. The van der Waals surface area contributed by atoms with E-state index in [0.29, 0.717) is 5.41 Å². The highest BCUT2D eigenvalue weighted by atomic mass is 16.5. The highest BCUT2D eigenvalue weighted by Gasteiger charge is 2.10. The molecular weight excluding hydrogens is 210 g/mol. The molecule has 2 N–H and O–H groups in total. The predicted octanol–water partition coefficient (Wildman–Crippen LogP) is 3.91. The number of hydrogen-bond donors (Lipinski definition) is 1. The van der Waals surface area contributed by atoms with Gasteiger partial charge in [-0.05, 0) is 36.0 Å². The van der Waals surface area contributed by atoms with Crippen molar-refractivity contribution in [2.24, 2.45) is 11.1 Å². The van der Waals surface area contributed by atoms with Crippen LogP contribution in [0.4, 0.5) is 0 Å². The first-order chi connectivity index (χ1) is 7.92. The molecule has 0 aromatic heterocycles. The van der Waals surface area contributed by atoms with Crippen molar-refractivity contribution in [3.63, 3.8) is 0 Å². The molecule has 0 unspecified atom stereocenters. The van der Waals surface area contributed by atoms with Crippen molar-refractivity contribution in [2.45, 2.75) is 46.6 Å². The number of nitrogens with two attached hydrogens (primary N) is 1. The topological polar surface area (TPSA) is 35.2 Å². The number of ether oxygens (including phenoxy) is 1. The van der Waals surface area contributed by atoms with Crippen LogP contribution in [0, 0.1) is 5.41 Å². The molecule has 0 spiro atoms. The van der Waals surface area contributed by atoms with E-state index in [1.165, 1.54) is 5.56 Å². The summed E-state index contributed by atoms with van der Waals surface area (Å²) < 4.78 is 5.71. The fourth-order valence-electron chi connectivity index (χ4n) is 1.52. The molecule has 0 fully saturated rings. The van der Waals surface area contributed by atoms with Gasteiger partial charge in [-0.2, -0.15) is 0 Å². The summed E-state index contributed by atoms with van der Waals surface area (Å²) in [5.74, 6) is 0.932. The summed E-state index contributed by atoms with van der Waals surface area (Å²) >= 11 is 0. The minimum atomic E-state index is 0.138. The lowest BCUT2D eigenvalue weighted by atomic mass is 9.93. The zero-order chi connectivity index (χ0) is 12.9. The molecule has 0 aliphatic heterocycles. The van der Waals surface area contributed by atoms with Crippen molar-refractivity contribution < 1.29 is 4.74 Å². The van der Waals surface area contributed by atoms with Crippen LogP contribution in [0.15, 0.2) is 24.3 Å². The van der Waals surface area contributed by atoms with E-state index in [9.17, 15) is 0 Å². The first-order valence-corrected chi connectivity index (χ1v) is 6.41. The van der Waals surface area contributed by atoms with Crippen LogP contribution in [0.2, 0.25) is 0 Å². The Bertz CT molecular complexity index is 324. The van der Waals surface area contributed by atoms with Crippen LogP contribution in [-0.4, -0.2) is 6.61 Å². The summed E-state index contributed by atoms with van der Waals surface area (Å²) in [6, 6.07) is 8.26. The number of hydrogen-bond acceptors (Lipinski definition) is 2. The van der Waals surface area contributed by atoms with Crippen molar-refractivity contribution in [3.8, 4) is 5.75 Å². The SMILES string of the molecule is CC[C@@H](N)c1ccc(OCCC(C)(C)C)cc1. The molecule has 0 bridgehead atoms. The summed E-state index contributed by atoms with van der Waals surface area (Å²) in [5, 5.41) is 0. The van der Waals surface area contributed by atoms with E-state index < -0.39 is 0 Å². The van der Waals surface area contributed by atoms with E-state index >= 15 is 0 Å². The van der Waals surface area contributed by atoms with Gasteiger partial charge in [0.05, 0.1) is 6.61 Å². The zero-order valence-electron chi connectivity index (χ0n) is 11.5. The van der Waals surface area contributed by atoms with Gasteiger partial charge < -0.3 is 10.5 Å². The van der Waals surface area contributed by atoms with Gasteiger partial charge >= 0.3 is 0 Å². The fraction of sp³-hybridized carbons (Fsp3) is 0.600. The summed E-state index contributed by atoms with van der Waals surface area (Å²) in [5.41, 5.74) is 7.46. The molecule has 1 rings (SSSR count). The maximum Gasteiger partial charge on any atom is 0.119 e. The van der Waals surface area contributed by atoms with Gasteiger partial charge in [0.1, 0.15) is 5.75 Å². The lowest BCUT2D eigenvalue weighted by molar-refractivity contribution is 0.243. The monoisotopic (exact) mass is 235 g/mol. The van der Waals surface area contributed by atoms with E-state index in [1.54, 1.807) is 0 Å². The summed E-state index contributed by atoms with van der Waals surface area (Å²) in [6.07, 6.45) is 2.02. The Morgan fingerprint density at radius 1 is 1.18 bits per heavy atom. The van der Waals surface area contributed by atoms with Crippen molar-refractivity contribution in [2.75, 3.05) is 6.61 Å². The fourth-order valence-corrected chi connectivity index (χ4v) is 1.52. The maximum atomic E-state index is 5.96. The Morgan fingerprint density at radius 3 is 2.24 bits per heavy atom. The Balaban J connectivity index is 2.46. The lowest BCUT2D eigenvalue weighted by Crippen LogP contribution is -2.11. The Kier molecular flexibility index (Phi) is 5.01.